The molecule has 1 aromatic heterocycles. The monoisotopic (exact) mass is 336 g/mol. The Morgan fingerprint density at radius 1 is 1.43 bits per heavy atom. The van der Waals surface area contributed by atoms with Crippen molar-refractivity contribution in [3.05, 3.63) is 16.6 Å². The van der Waals surface area contributed by atoms with Crippen LogP contribution in [-0.2, 0) is 10.3 Å². The zero-order chi connectivity index (χ0) is 16.5. The summed E-state index contributed by atoms with van der Waals surface area (Å²) in [6.45, 7) is 5.18. The maximum absolute atomic E-state index is 12.6. The standard InChI is InChI=1S/C16H24N4O2S/c1-3-15(2,12-17-9-11-23-12)18-8-10-20-13(21)16(19-14(20)22)6-4-5-7-16/h9,11,18H,3-8,10H2,1-2H3,(H,19,22)/t15-/m1/s1. The fourth-order valence-corrected chi connectivity index (χ4v) is 4.34. The summed E-state index contributed by atoms with van der Waals surface area (Å²) in [5.74, 6) is -0.0470. The van der Waals surface area contributed by atoms with Gasteiger partial charge in [0.05, 0.1) is 5.54 Å². The van der Waals surface area contributed by atoms with Crippen molar-refractivity contribution >= 4 is 23.3 Å². The van der Waals surface area contributed by atoms with Crippen LogP contribution in [-0.4, -0.2) is 40.5 Å². The van der Waals surface area contributed by atoms with Gasteiger partial charge in [0.25, 0.3) is 5.91 Å². The summed E-state index contributed by atoms with van der Waals surface area (Å²) in [4.78, 5) is 30.5. The molecule has 1 aliphatic heterocycles. The van der Waals surface area contributed by atoms with E-state index in [1.165, 1.54) is 4.90 Å². The van der Waals surface area contributed by atoms with Crippen LogP contribution in [0.1, 0.15) is 51.0 Å². The molecule has 2 heterocycles. The number of carbonyl (C=O) groups excluding carboxylic acids is 2. The van der Waals surface area contributed by atoms with E-state index in [0.29, 0.717) is 13.1 Å². The van der Waals surface area contributed by atoms with Crippen molar-refractivity contribution in [1.29, 1.82) is 0 Å². The zero-order valence-electron chi connectivity index (χ0n) is 13.7. The highest BCUT2D eigenvalue weighted by Gasteiger charge is 2.52. The van der Waals surface area contributed by atoms with Crippen LogP contribution in [0.15, 0.2) is 11.6 Å². The van der Waals surface area contributed by atoms with Crippen molar-refractivity contribution in [3.8, 4) is 0 Å². The highest BCUT2D eigenvalue weighted by atomic mass is 32.1. The van der Waals surface area contributed by atoms with Crippen molar-refractivity contribution in [2.75, 3.05) is 13.1 Å². The molecule has 1 saturated heterocycles. The first kappa shape index (κ1) is 16.4. The average molecular weight is 336 g/mol. The van der Waals surface area contributed by atoms with Gasteiger partial charge >= 0.3 is 6.03 Å². The van der Waals surface area contributed by atoms with Crippen LogP contribution in [0.3, 0.4) is 0 Å². The Labute approximate surface area is 140 Å². The zero-order valence-corrected chi connectivity index (χ0v) is 14.5. The van der Waals surface area contributed by atoms with Crippen LogP contribution in [0, 0.1) is 0 Å². The summed E-state index contributed by atoms with van der Waals surface area (Å²) in [6.07, 6.45) is 6.26. The molecule has 7 heteroatoms. The molecule has 2 fully saturated rings. The van der Waals surface area contributed by atoms with Crippen LogP contribution in [0.2, 0.25) is 0 Å². The highest BCUT2D eigenvalue weighted by Crippen LogP contribution is 2.35. The molecule has 23 heavy (non-hydrogen) atoms. The van der Waals surface area contributed by atoms with Crippen LogP contribution in [0.5, 0.6) is 0 Å². The van der Waals surface area contributed by atoms with Gasteiger partial charge in [-0.05, 0) is 26.2 Å². The van der Waals surface area contributed by atoms with Crippen LogP contribution < -0.4 is 10.6 Å². The molecule has 3 amide bonds. The minimum atomic E-state index is -0.611. The molecular weight excluding hydrogens is 312 g/mol. The molecule has 1 aliphatic carbocycles. The van der Waals surface area contributed by atoms with Crippen LogP contribution in [0.25, 0.3) is 0 Å². The predicted molar refractivity (Wildman–Crippen MR) is 89.2 cm³/mol. The molecule has 0 aromatic carbocycles. The van der Waals surface area contributed by atoms with Gasteiger partial charge in [0.2, 0.25) is 0 Å². The molecule has 1 spiro atoms. The normalized spacial score (nSPS) is 22.6. The second-order valence-corrected chi connectivity index (χ2v) is 7.52. The molecule has 1 aromatic rings. The van der Waals surface area contributed by atoms with Gasteiger partial charge in [0.1, 0.15) is 10.5 Å². The van der Waals surface area contributed by atoms with E-state index in [0.717, 1.165) is 37.1 Å². The molecular formula is C16H24N4O2S. The number of carbonyl (C=O) groups is 2. The number of nitrogens with one attached hydrogen (secondary N) is 2. The quantitative estimate of drug-likeness (QED) is 0.781. The van der Waals surface area contributed by atoms with Crippen molar-refractivity contribution in [3.63, 3.8) is 0 Å². The van der Waals surface area contributed by atoms with E-state index in [2.05, 4.69) is 29.5 Å². The molecule has 1 atom stereocenters. The summed E-state index contributed by atoms with van der Waals surface area (Å²) in [5, 5.41) is 9.38. The Kier molecular flexibility index (Phi) is 4.42. The fourth-order valence-electron chi connectivity index (χ4n) is 3.49. The van der Waals surface area contributed by atoms with Crippen molar-refractivity contribution in [2.24, 2.45) is 0 Å². The van der Waals surface area contributed by atoms with Crippen LogP contribution in [0.4, 0.5) is 4.79 Å². The molecule has 1 saturated carbocycles. The smallest absolute Gasteiger partial charge is 0.323 e. The summed E-state index contributed by atoms with van der Waals surface area (Å²) in [6, 6.07) is -0.244. The van der Waals surface area contributed by atoms with Gasteiger partial charge in [-0.15, -0.1) is 11.3 Å². The summed E-state index contributed by atoms with van der Waals surface area (Å²) in [5.41, 5.74) is -0.834. The molecule has 0 bridgehead atoms. The Balaban J connectivity index is 1.60. The van der Waals surface area contributed by atoms with E-state index in [4.69, 9.17) is 0 Å². The van der Waals surface area contributed by atoms with Gasteiger partial charge < -0.3 is 10.6 Å². The second kappa shape index (κ2) is 6.20. The molecule has 0 unspecified atom stereocenters. The van der Waals surface area contributed by atoms with Gasteiger partial charge in [-0.2, -0.15) is 0 Å². The number of imide groups is 1. The lowest BCUT2D eigenvalue weighted by molar-refractivity contribution is -0.131. The van der Waals surface area contributed by atoms with Gasteiger partial charge in [0.15, 0.2) is 0 Å². The minimum absolute atomic E-state index is 0.0470. The first-order chi connectivity index (χ1) is 11.0. The molecule has 3 rings (SSSR count). The number of thiazole rings is 1. The fraction of sp³-hybridized carbons (Fsp3) is 0.688. The molecule has 2 aliphatic rings. The number of aromatic nitrogens is 1. The topological polar surface area (TPSA) is 74.3 Å². The summed E-state index contributed by atoms with van der Waals surface area (Å²) >= 11 is 1.62. The molecule has 0 radical (unpaired) electrons. The molecule has 126 valence electrons. The highest BCUT2D eigenvalue weighted by molar-refractivity contribution is 7.09. The third-order valence-electron chi connectivity index (χ3n) is 5.17. The first-order valence-electron chi connectivity index (χ1n) is 8.30. The molecule has 2 N–H and O–H groups in total. The minimum Gasteiger partial charge on any atom is -0.323 e. The number of hydrogen-bond donors (Lipinski definition) is 2. The molecule has 6 nitrogen and oxygen atoms in total. The third-order valence-corrected chi connectivity index (χ3v) is 6.20. The lowest BCUT2D eigenvalue weighted by atomic mass is 9.98. The number of nitrogens with zero attached hydrogens (tertiary/aromatic N) is 2. The van der Waals surface area contributed by atoms with Crippen molar-refractivity contribution in [1.82, 2.24) is 20.5 Å². The summed E-state index contributed by atoms with van der Waals surface area (Å²) in [7, 11) is 0. The number of rotatable bonds is 6. The van der Waals surface area contributed by atoms with E-state index >= 15 is 0 Å². The number of urea groups is 1. The van der Waals surface area contributed by atoms with Crippen molar-refractivity contribution < 1.29 is 9.59 Å². The van der Waals surface area contributed by atoms with Gasteiger partial charge in [-0.1, -0.05) is 19.8 Å². The first-order valence-corrected chi connectivity index (χ1v) is 9.18. The van der Waals surface area contributed by atoms with Gasteiger partial charge in [0, 0.05) is 24.7 Å². The summed E-state index contributed by atoms with van der Waals surface area (Å²) < 4.78 is 0. The number of hydrogen-bond acceptors (Lipinski definition) is 5. The second-order valence-electron chi connectivity index (χ2n) is 6.63. The lowest BCUT2D eigenvalue weighted by Gasteiger charge is -2.28. The third kappa shape index (κ3) is 2.87. The van der Waals surface area contributed by atoms with E-state index in [1.807, 2.05) is 5.38 Å². The van der Waals surface area contributed by atoms with Crippen LogP contribution >= 0.6 is 11.3 Å². The van der Waals surface area contributed by atoms with Gasteiger partial charge in [-0.25, -0.2) is 9.78 Å². The van der Waals surface area contributed by atoms with E-state index in [9.17, 15) is 9.59 Å². The average Bonchev–Trinajstić information content (AvgIpc) is 3.26. The van der Waals surface area contributed by atoms with E-state index < -0.39 is 5.54 Å². The predicted octanol–water partition coefficient (Wildman–Crippen LogP) is 2.22. The maximum Gasteiger partial charge on any atom is 0.325 e. The largest absolute Gasteiger partial charge is 0.325 e. The van der Waals surface area contributed by atoms with Crippen molar-refractivity contribution in [2.45, 2.75) is 57.0 Å². The lowest BCUT2D eigenvalue weighted by Crippen LogP contribution is -2.46. The maximum atomic E-state index is 12.6. The number of amides is 3. The van der Waals surface area contributed by atoms with Gasteiger partial charge in [-0.3, -0.25) is 9.69 Å². The van der Waals surface area contributed by atoms with E-state index in [1.54, 1.807) is 17.5 Å². The van der Waals surface area contributed by atoms with E-state index in [-0.39, 0.29) is 17.5 Å². The Hall–Kier alpha value is -1.47. The Morgan fingerprint density at radius 2 is 2.17 bits per heavy atom. The SMILES string of the molecule is CC[C@@](C)(NCCN1C(=O)NC2(CCCC2)C1=O)c1nccs1. The Bertz CT molecular complexity index is 583. The Morgan fingerprint density at radius 3 is 2.78 bits per heavy atom.